The average molecular weight is 250 g/mol. The van der Waals surface area contributed by atoms with Crippen LogP contribution in [0.2, 0.25) is 0 Å². The smallest absolute Gasteiger partial charge is 0.305 e. The van der Waals surface area contributed by atoms with Gasteiger partial charge in [0.05, 0.1) is 12.7 Å². The lowest BCUT2D eigenvalue weighted by Gasteiger charge is -2.16. The SMILES string of the molecule is COC(=O)CCCN(C)C(=O)c1cncc(C)c1. The number of amides is 1. The molecule has 98 valence electrons. The number of rotatable bonds is 5. The third-order valence-electron chi connectivity index (χ3n) is 2.57. The Hall–Kier alpha value is -1.91. The van der Waals surface area contributed by atoms with Crippen LogP contribution in [0, 0.1) is 6.92 Å². The summed E-state index contributed by atoms with van der Waals surface area (Å²) < 4.78 is 4.54. The van der Waals surface area contributed by atoms with Gasteiger partial charge in [-0.25, -0.2) is 0 Å². The number of carbonyl (C=O) groups excluding carboxylic acids is 2. The molecule has 0 saturated carbocycles. The largest absolute Gasteiger partial charge is 0.469 e. The van der Waals surface area contributed by atoms with Crippen molar-refractivity contribution in [2.75, 3.05) is 20.7 Å². The monoisotopic (exact) mass is 250 g/mol. The molecule has 0 atom stereocenters. The van der Waals surface area contributed by atoms with Gasteiger partial charge in [-0.2, -0.15) is 0 Å². The molecule has 0 radical (unpaired) electrons. The Balaban J connectivity index is 2.49. The second-order valence-electron chi connectivity index (χ2n) is 4.16. The molecule has 1 aromatic heterocycles. The number of esters is 1. The molecule has 0 aliphatic carbocycles. The molecule has 0 aliphatic heterocycles. The first-order valence-corrected chi connectivity index (χ1v) is 5.78. The van der Waals surface area contributed by atoms with Crippen molar-refractivity contribution in [3.8, 4) is 0 Å². The van der Waals surface area contributed by atoms with Crippen LogP contribution in [0.1, 0.15) is 28.8 Å². The van der Waals surface area contributed by atoms with E-state index in [-0.39, 0.29) is 11.9 Å². The Bertz CT molecular complexity index is 432. The lowest BCUT2D eigenvalue weighted by atomic mass is 10.2. The highest BCUT2D eigenvalue weighted by molar-refractivity contribution is 5.93. The highest BCUT2D eigenvalue weighted by Gasteiger charge is 2.12. The van der Waals surface area contributed by atoms with E-state index in [4.69, 9.17) is 0 Å². The van der Waals surface area contributed by atoms with Crippen molar-refractivity contribution in [2.45, 2.75) is 19.8 Å². The molecule has 5 nitrogen and oxygen atoms in total. The number of methoxy groups -OCH3 is 1. The zero-order valence-corrected chi connectivity index (χ0v) is 11.0. The maximum Gasteiger partial charge on any atom is 0.305 e. The molecule has 0 fully saturated rings. The van der Waals surface area contributed by atoms with Crippen LogP contribution in [-0.4, -0.2) is 42.5 Å². The molecule has 0 aromatic carbocycles. The first kappa shape index (κ1) is 14.2. The summed E-state index contributed by atoms with van der Waals surface area (Å²) in [6, 6.07) is 1.80. The van der Waals surface area contributed by atoms with Crippen LogP contribution in [0.5, 0.6) is 0 Å². The minimum absolute atomic E-state index is 0.0870. The summed E-state index contributed by atoms with van der Waals surface area (Å²) in [6.45, 7) is 2.41. The van der Waals surface area contributed by atoms with E-state index in [0.717, 1.165) is 5.56 Å². The van der Waals surface area contributed by atoms with Crippen molar-refractivity contribution in [1.29, 1.82) is 0 Å². The Labute approximate surface area is 107 Å². The lowest BCUT2D eigenvalue weighted by Crippen LogP contribution is -2.28. The molecular formula is C13H18N2O3. The number of nitrogens with zero attached hydrogens (tertiary/aromatic N) is 2. The molecule has 1 amide bonds. The van der Waals surface area contributed by atoms with E-state index < -0.39 is 0 Å². The third-order valence-corrected chi connectivity index (χ3v) is 2.57. The minimum atomic E-state index is -0.256. The van der Waals surface area contributed by atoms with Crippen molar-refractivity contribution in [2.24, 2.45) is 0 Å². The lowest BCUT2D eigenvalue weighted by molar-refractivity contribution is -0.140. The molecule has 1 heterocycles. The summed E-state index contributed by atoms with van der Waals surface area (Å²) in [4.78, 5) is 28.5. The molecular weight excluding hydrogens is 232 g/mol. The Morgan fingerprint density at radius 2 is 2.11 bits per heavy atom. The second-order valence-corrected chi connectivity index (χ2v) is 4.16. The van der Waals surface area contributed by atoms with Crippen LogP contribution in [0.25, 0.3) is 0 Å². The van der Waals surface area contributed by atoms with Gasteiger partial charge in [0, 0.05) is 32.4 Å². The van der Waals surface area contributed by atoms with Crippen molar-refractivity contribution in [3.05, 3.63) is 29.6 Å². The summed E-state index contributed by atoms with van der Waals surface area (Å²) in [6.07, 6.45) is 4.16. The first-order valence-electron chi connectivity index (χ1n) is 5.78. The fraction of sp³-hybridized carbons (Fsp3) is 0.462. The van der Waals surface area contributed by atoms with Crippen LogP contribution in [0.15, 0.2) is 18.5 Å². The molecule has 0 aliphatic rings. The molecule has 5 heteroatoms. The normalized spacial score (nSPS) is 9.94. The predicted octanol–water partition coefficient (Wildman–Crippen LogP) is 1.42. The minimum Gasteiger partial charge on any atom is -0.469 e. The van der Waals surface area contributed by atoms with Gasteiger partial charge < -0.3 is 9.64 Å². The average Bonchev–Trinajstić information content (AvgIpc) is 2.37. The van der Waals surface area contributed by atoms with E-state index in [1.165, 1.54) is 7.11 Å². The van der Waals surface area contributed by atoms with Crippen LogP contribution in [0.4, 0.5) is 0 Å². The summed E-state index contributed by atoms with van der Waals surface area (Å²) in [5.41, 5.74) is 1.51. The van der Waals surface area contributed by atoms with E-state index in [1.807, 2.05) is 6.92 Å². The van der Waals surface area contributed by atoms with E-state index in [1.54, 1.807) is 30.4 Å². The van der Waals surface area contributed by atoms with Gasteiger partial charge in [0.1, 0.15) is 0 Å². The Morgan fingerprint density at radius 3 is 2.72 bits per heavy atom. The molecule has 0 N–H and O–H groups in total. The van der Waals surface area contributed by atoms with Crippen molar-refractivity contribution >= 4 is 11.9 Å². The van der Waals surface area contributed by atoms with E-state index >= 15 is 0 Å². The molecule has 1 rings (SSSR count). The van der Waals surface area contributed by atoms with Crippen molar-refractivity contribution in [1.82, 2.24) is 9.88 Å². The van der Waals surface area contributed by atoms with Crippen molar-refractivity contribution in [3.63, 3.8) is 0 Å². The van der Waals surface area contributed by atoms with Gasteiger partial charge in [0.25, 0.3) is 5.91 Å². The van der Waals surface area contributed by atoms with Crippen molar-refractivity contribution < 1.29 is 14.3 Å². The Kier molecular flexibility index (Phi) is 5.30. The molecule has 0 saturated heterocycles. The number of ether oxygens (including phenoxy) is 1. The zero-order valence-electron chi connectivity index (χ0n) is 11.0. The van der Waals surface area contributed by atoms with Gasteiger partial charge >= 0.3 is 5.97 Å². The maximum absolute atomic E-state index is 12.0. The predicted molar refractivity (Wildman–Crippen MR) is 67.2 cm³/mol. The zero-order chi connectivity index (χ0) is 13.5. The molecule has 0 spiro atoms. The van der Waals surface area contributed by atoms with Gasteiger partial charge in [0.15, 0.2) is 0 Å². The van der Waals surface area contributed by atoms with E-state index in [2.05, 4.69) is 9.72 Å². The Morgan fingerprint density at radius 1 is 1.39 bits per heavy atom. The maximum atomic E-state index is 12.0. The van der Waals surface area contributed by atoms with Gasteiger partial charge in [0.2, 0.25) is 0 Å². The van der Waals surface area contributed by atoms with Crippen LogP contribution in [-0.2, 0) is 9.53 Å². The second kappa shape index (κ2) is 6.74. The fourth-order valence-electron chi connectivity index (χ4n) is 1.56. The number of hydrogen-bond acceptors (Lipinski definition) is 4. The molecule has 18 heavy (non-hydrogen) atoms. The topological polar surface area (TPSA) is 59.5 Å². The van der Waals surface area contributed by atoms with Gasteiger partial charge in [-0.15, -0.1) is 0 Å². The third kappa shape index (κ3) is 4.16. The highest BCUT2D eigenvalue weighted by atomic mass is 16.5. The number of aryl methyl sites for hydroxylation is 1. The number of aromatic nitrogens is 1. The highest BCUT2D eigenvalue weighted by Crippen LogP contribution is 2.06. The summed E-state index contributed by atoms with van der Waals surface area (Å²) in [5.74, 6) is -0.343. The standard InChI is InChI=1S/C13H18N2O3/c1-10-7-11(9-14-8-10)13(17)15(2)6-4-5-12(16)18-3/h7-9H,4-6H2,1-3H3. The fourth-order valence-corrected chi connectivity index (χ4v) is 1.56. The number of hydrogen-bond donors (Lipinski definition) is 0. The molecule has 0 unspecified atom stereocenters. The molecule has 1 aromatic rings. The summed E-state index contributed by atoms with van der Waals surface area (Å²) in [7, 11) is 3.07. The first-order chi connectivity index (χ1) is 8.54. The van der Waals surface area contributed by atoms with Crippen LogP contribution in [0.3, 0.4) is 0 Å². The van der Waals surface area contributed by atoms with Crippen LogP contribution < -0.4 is 0 Å². The van der Waals surface area contributed by atoms with Crippen LogP contribution >= 0.6 is 0 Å². The summed E-state index contributed by atoms with van der Waals surface area (Å²) in [5, 5.41) is 0. The number of pyridine rings is 1. The van der Waals surface area contributed by atoms with Gasteiger partial charge in [-0.05, 0) is 25.0 Å². The van der Waals surface area contributed by atoms with E-state index in [9.17, 15) is 9.59 Å². The number of carbonyl (C=O) groups is 2. The van der Waals surface area contributed by atoms with E-state index in [0.29, 0.717) is 24.9 Å². The van der Waals surface area contributed by atoms with Gasteiger partial charge in [-0.3, -0.25) is 14.6 Å². The van der Waals surface area contributed by atoms with Gasteiger partial charge in [-0.1, -0.05) is 0 Å². The molecule has 0 bridgehead atoms. The quantitative estimate of drug-likeness (QED) is 0.741. The summed E-state index contributed by atoms with van der Waals surface area (Å²) >= 11 is 0.